The molecule has 0 radical (unpaired) electrons. The van der Waals surface area contributed by atoms with Crippen molar-refractivity contribution in [1.82, 2.24) is 0 Å². The minimum absolute atomic E-state index is 0.104. The van der Waals surface area contributed by atoms with Crippen molar-refractivity contribution in [2.75, 3.05) is 0 Å². The van der Waals surface area contributed by atoms with Gasteiger partial charge in [0.2, 0.25) is 0 Å². The van der Waals surface area contributed by atoms with Gasteiger partial charge in [-0.1, -0.05) is 18.2 Å². The van der Waals surface area contributed by atoms with Gasteiger partial charge in [-0.3, -0.25) is 0 Å². The first-order valence-corrected chi connectivity index (χ1v) is 5.98. The standard InChI is InChI=1S/C16H13FO3/c1-10(8-16(19)20)12-4-7-15(17)14(9-12)11-2-5-13(18)6-3-11/h2-9,18H,1H3,(H,19,20)/b10-8+. The topological polar surface area (TPSA) is 57.5 Å². The zero-order chi connectivity index (χ0) is 14.7. The van der Waals surface area contributed by atoms with Crippen LogP contribution in [0.15, 0.2) is 48.5 Å². The summed E-state index contributed by atoms with van der Waals surface area (Å²) >= 11 is 0. The Balaban J connectivity index is 2.49. The molecule has 0 spiro atoms. The Kier molecular flexibility index (Phi) is 3.84. The molecule has 0 heterocycles. The molecule has 0 bridgehead atoms. The second-order valence-corrected chi connectivity index (χ2v) is 4.41. The first-order chi connectivity index (χ1) is 9.47. The summed E-state index contributed by atoms with van der Waals surface area (Å²) in [5, 5.41) is 18.0. The molecule has 20 heavy (non-hydrogen) atoms. The highest BCUT2D eigenvalue weighted by Crippen LogP contribution is 2.27. The number of phenols is 1. The molecular weight excluding hydrogens is 259 g/mol. The highest BCUT2D eigenvalue weighted by molar-refractivity contribution is 5.90. The van der Waals surface area contributed by atoms with E-state index < -0.39 is 11.8 Å². The Morgan fingerprint density at radius 2 is 1.80 bits per heavy atom. The molecule has 0 unspecified atom stereocenters. The quantitative estimate of drug-likeness (QED) is 0.838. The van der Waals surface area contributed by atoms with E-state index in [1.807, 2.05) is 0 Å². The number of aliphatic carboxylic acids is 1. The van der Waals surface area contributed by atoms with Gasteiger partial charge in [-0.05, 0) is 47.9 Å². The molecule has 0 aliphatic rings. The number of carboxylic acid groups (broad SMARTS) is 1. The molecule has 4 heteroatoms. The highest BCUT2D eigenvalue weighted by Gasteiger charge is 2.08. The molecule has 0 aromatic heterocycles. The summed E-state index contributed by atoms with van der Waals surface area (Å²) < 4.78 is 13.9. The monoisotopic (exact) mass is 272 g/mol. The van der Waals surface area contributed by atoms with Crippen LogP contribution in [0.25, 0.3) is 16.7 Å². The Bertz CT molecular complexity index is 673. The lowest BCUT2D eigenvalue weighted by Crippen LogP contribution is -1.92. The van der Waals surface area contributed by atoms with E-state index >= 15 is 0 Å². The van der Waals surface area contributed by atoms with Crippen molar-refractivity contribution in [3.63, 3.8) is 0 Å². The second kappa shape index (κ2) is 5.57. The van der Waals surface area contributed by atoms with E-state index in [1.54, 1.807) is 25.1 Å². The fourth-order valence-electron chi connectivity index (χ4n) is 1.90. The lowest BCUT2D eigenvalue weighted by molar-refractivity contribution is -0.131. The number of benzene rings is 2. The zero-order valence-electron chi connectivity index (χ0n) is 10.8. The molecule has 0 saturated heterocycles. The van der Waals surface area contributed by atoms with Crippen LogP contribution in [-0.4, -0.2) is 16.2 Å². The van der Waals surface area contributed by atoms with Crippen molar-refractivity contribution >= 4 is 11.5 Å². The Labute approximate surface area is 115 Å². The van der Waals surface area contributed by atoms with E-state index in [4.69, 9.17) is 5.11 Å². The number of phenolic OH excluding ortho intramolecular Hbond substituents is 1. The first-order valence-electron chi connectivity index (χ1n) is 5.98. The summed E-state index contributed by atoms with van der Waals surface area (Å²) in [5.41, 5.74) is 2.15. The van der Waals surface area contributed by atoms with Crippen molar-refractivity contribution in [2.45, 2.75) is 6.92 Å². The Hall–Kier alpha value is -2.62. The maximum Gasteiger partial charge on any atom is 0.328 e. The normalized spacial score (nSPS) is 11.4. The van der Waals surface area contributed by atoms with Gasteiger partial charge in [0, 0.05) is 11.6 Å². The van der Waals surface area contributed by atoms with Gasteiger partial charge in [-0.25, -0.2) is 9.18 Å². The summed E-state index contributed by atoms with van der Waals surface area (Å²) in [5.74, 6) is -1.34. The van der Waals surface area contributed by atoms with Crippen molar-refractivity contribution < 1.29 is 19.4 Å². The number of carbonyl (C=O) groups is 1. The molecule has 2 aromatic rings. The van der Waals surface area contributed by atoms with E-state index in [2.05, 4.69) is 0 Å². The first kappa shape index (κ1) is 13.8. The maximum absolute atomic E-state index is 13.9. The summed E-state index contributed by atoms with van der Waals surface area (Å²) in [6.07, 6.45) is 1.08. The van der Waals surface area contributed by atoms with Crippen LogP contribution in [0.4, 0.5) is 4.39 Å². The van der Waals surface area contributed by atoms with Crippen LogP contribution in [-0.2, 0) is 4.79 Å². The van der Waals surface area contributed by atoms with Crippen LogP contribution in [0.1, 0.15) is 12.5 Å². The van der Waals surface area contributed by atoms with Crippen LogP contribution < -0.4 is 0 Å². The molecule has 0 fully saturated rings. The van der Waals surface area contributed by atoms with E-state index in [0.29, 0.717) is 22.3 Å². The molecular formula is C16H13FO3. The van der Waals surface area contributed by atoms with Crippen LogP contribution >= 0.6 is 0 Å². The predicted molar refractivity (Wildman–Crippen MR) is 74.8 cm³/mol. The third kappa shape index (κ3) is 3.03. The molecule has 0 aliphatic heterocycles. The third-order valence-electron chi connectivity index (χ3n) is 2.94. The summed E-state index contributed by atoms with van der Waals surface area (Å²) in [4.78, 5) is 10.7. The molecule has 0 aliphatic carbocycles. The van der Waals surface area contributed by atoms with Gasteiger partial charge in [0.05, 0.1) is 0 Å². The highest BCUT2D eigenvalue weighted by atomic mass is 19.1. The lowest BCUT2D eigenvalue weighted by Gasteiger charge is -2.07. The maximum atomic E-state index is 13.9. The molecule has 102 valence electrons. The number of carboxylic acids is 1. The second-order valence-electron chi connectivity index (χ2n) is 4.41. The molecule has 2 N–H and O–H groups in total. The van der Waals surface area contributed by atoms with E-state index in [1.165, 1.54) is 24.3 Å². The van der Waals surface area contributed by atoms with Gasteiger partial charge >= 0.3 is 5.97 Å². The summed E-state index contributed by atoms with van der Waals surface area (Å²) in [6.45, 7) is 1.65. The van der Waals surface area contributed by atoms with Crippen LogP contribution in [0.3, 0.4) is 0 Å². The minimum atomic E-state index is -1.04. The number of allylic oxidation sites excluding steroid dienone is 1. The van der Waals surface area contributed by atoms with E-state index in [0.717, 1.165) is 6.08 Å². The van der Waals surface area contributed by atoms with Crippen molar-refractivity contribution in [1.29, 1.82) is 0 Å². The minimum Gasteiger partial charge on any atom is -0.508 e. The average molecular weight is 272 g/mol. The molecule has 2 rings (SSSR count). The van der Waals surface area contributed by atoms with Crippen molar-refractivity contribution in [3.05, 3.63) is 59.9 Å². The van der Waals surface area contributed by atoms with Gasteiger partial charge in [0.15, 0.2) is 0 Å². The number of aromatic hydroxyl groups is 1. The average Bonchev–Trinajstić information content (AvgIpc) is 2.39. The van der Waals surface area contributed by atoms with Gasteiger partial charge < -0.3 is 10.2 Å². The van der Waals surface area contributed by atoms with Gasteiger partial charge in [-0.2, -0.15) is 0 Å². The Morgan fingerprint density at radius 1 is 1.15 bits per heavy atom. The fourth-order valence-corrected chi connectivity index (χ4v) is 1.90. The molecule has 0 atom stereocenters. The number of halogens is 1. The SMILES string of the molecule is C/C(=C\C(=O)O)c1ccc(F)c(-c2ccc(O)cc2)c1. The molecule has 3 nitrogen and oxygen atoms in total. The molecule has 2 aromatic carbocycles. The number of hydrogen-bond acceptors (Lipinski definition) is 2. The van der Waals surface area contributed by atoms with Crippen LogP contribution in [0.2, 0.25) is 0 Å². The van der Waals surface area contributed by atoms with Crippen LogP contribution in [0.5, 0.6) is 5.75 Å². The van der Waals surface area contributed by atoms with Crippen molar-refractivity contribution in [2.24, 2.45) is 0 Å². The summed E-state index contributed by atoms with van der Waals surface area (Å²) in [6, 6.07) is 10.6. The van der Waals surface area contributed by atoms with Crippen LogP contribution in [0, 0.1) is 5.82 Å². The lowest BCUT2D eigenvalue weighted by atomic mass is 9.99. The molecule has 0 saturated carbocycles. The Morgan fingerprint density at radius 3 is 2.40 bits per heavy atom. The zero-order valence-corrected chi connectivity index (χ0v) is 10.8. The summed E-state index contributed by atoms with van der Waals surface area (Å²) in [7, 11) is 0. The predicted octanol–water partition coefficient (Wildman–Crippen LogP) is 3.69. The fraction of sp³-hybridized carbons (Fsp3) is 0.0625. The van der Waals surface area contributed by atoms with Gasteiger partial charge in [0.1, 0.15) is 11.6 Å². The number of hydrogen-bond donors (Lipinski definition) is 2. The molecule has 0 amide bonds. The van der Waals surface area contributed by atoms with E-state index in [9.17, 15) is 14.3 Å². The third-order valence-corrected chi connectivity index (χ3v) is 2.94. The van der Waals surface area contributed by atoms with Gasteiger partial charge in [-0.15, -0.1) is 0 Å². The smallest absolute Gasteiger partial charge is 0.328 e. The van der Waals surface area contributed by atoms with Crippen molar-refractivity contribution in [3.8, 4) is 16.9 Å². The van der Waals surface area contributed by atoms with Gasteiger partial charge in [0.25, 0.3) is 0 Å². The largest absolute Gasteiger partial charge is 0.508 e. The number of rotatable bonds is 3. The van der Waals surface area contributed by atoms with E-state index in [-0.39, 0.29) is 5.75 Å².